The standard InChI is InChI=1S/C56H35N5O/c1-5-18-36(19-6-1)47-35-48(37-20-7-2-8-21-37)58-54(57-47)40-32-33-44-43(34-40)41-26-17-27-42(51(41)56(44)45-28-13-15-30-49(45)62-50-31-16-14-29-46(50)56)55-60-52(38-22-9-3-10-23-38)59-53(61-55)39-24-11-4-12-25-39/h1-35H. The number of para-hydroxylation sites is 2. The molecule has 1 aliphatic carbocycles. The molecule has 10 aromatic rings. The highest BCUT2D eigenvalue weighted by Crippen LogP contribution is 2.64. The van der Waals surface area contributed by atoms with Gasteiger partial charge in [0.25, 0.3) is 0 Å². The maximum atomic E-state index is 6.74. The molecule has 0 amide bonds. The van der Waals surface area contributed by atoms with Gasteiger partial charge in [0.2, 0.25) is 0 Å². The van der Waals surface area contributed by atoms with Crippen molar-refractivity contribution >= 4 is 0 Å². The first-order valence-electron chi connectivity index (χ1n) is 20.8. The summed E-state index contributed by atoms with van der Waals surface area (Å²) in [5.74, 6) is 4.07. The highest BCUT2D eigenvalue weighted by molar-refractivity contribution is 5.95. The summed E-state index contributed by atoms with van der Waals surface area (Å²) < 4.78 is 6.74. The van der Waals surface area contributed by atoms with Crippen molar-refractivity contribution in [2.24, 2.45) is 0 Å². The minimum Gasteiger partial charge on any atom is -0.457 e. The second-order valence-corrected chi connectivity index (χ2v) is 15.6. The topological polar surface area (TPSA) is 73.7 Å². The lowest BCUT2D eigenvalue weighted by molar-refractivity contribution is 0.436. The van der Waals surface area contributed by atoms with Gasteiger partial charge in [-0.3, -0.25) is 0 Å². The van der Waals surface area contributed by atoms with Crippen LogP contribution >= 0.6 is 0 Å². The third-order valence-corrected chi connectivity index (χ3v) is 12.0. The van der Waals surface area contributed by atoms with E-state index >= 15 is 0 Å². The Balaban J connectivity index is 1.15. The Morgan fingerprint density at radius 2 is 0.742 bits per heavy atom. The Bertz CT molecular complexity index is 3160. The summed E-state index contributed by atoms with van der Waals surface area (Å²) in [7, 11) is 0. The number of fused-ring (bicyclic) bond motifs is 9. The van der Waals surface area contributed by atoms with Crippen LogP contribution in [0, 0.1) is 0 Å². The lowest BCUT2D eigenvalue weighted by Gasteiger charge is -2.40. The molecule has 6 nitrogen and oxygen atoms in total. The molecule has 1 spiro atoms. The molecule has 12 rings (SSSR count). The van der Waals surface area contributed by atoms with Crippen molar-refractivity contribution in [2.75, 3.05) is 0 Å². The molecule has 1 aliphatic heterocycles. The summed E-state index contributed by atoms with van der Waals surface area (Å²) in [4.78, 5) is 26.1. The second-order valence-electron chi connectivity index (χ2n) is 15.6. The van der Waals surface area contributed by atoms with Crippen LogP contribution < -0.4 is 4.74 Å². The van der Waals surface area contributed by atoms with E-state index < -0.39 is 5.41 Å². The first-order chi connectivity index (χ1) is 30.7. The number of ether oxygens (including phenoxy) is 1. The SMILES string of the molecule is c1ccc(-c2cc(-c3ccccc3)nc(-c3ccc4c(c3)-c3cccc(-c5nc(-c6ccccc6)nc(-c6ccccc6)n5)c3C43c4ccccc4Oc4ccccc43)n2)cc1. The molecule has 0 bridgehead atoms. The van der Waals surface area contributed by atoms with Gasteiger partial charge in [-0.1, -0.05) is 188 Å². The fraction of sp³-hybridized carbons (Fsp3) is 0.0179. The van der Waals surface area contributed by atoms with Crippen LogP contribution in [0.3, 0.4) is 0 Å². The van der Waals surface area contributed by atoms with Gasteiger partial charge in [0.1, 0.15) is 11.5 Å². The predicted octanol–water partition coefficient (Wildman–Crippen LogP) is 13.1. The zero-order chi connectivity index (χ0) is 41.0. The first kappa shape index (κ1) is 35.6. The monoisotopic (exact) mass is 793 g/mol. The van der Waals surface area contributed by atoms with E-state index in [1.165, 1.54) is 0 Å². The van der Waals surface area contributed by atoms with E-state index in [2.05, 4.69) is 103 Å². The zero-order valence-corrected chi connectivity index (χ0v) is 33.4. The van der Waals surface area contributed by atoms with Crippen LogP contribution in [-0.2, 0) is 5.41 Å². The molecule has 0 unspecified atom stereocenters. The van der Waals surface area contributed by atoms with Crippen molar-refractivity contribution in [3.8, 4) is 90.7 Å². The van der Waals surface area contributed by atoms with Gasteiger partial charge in [0.05, 0.1) is 16.8 Å². The van der Waals surface area contributed by atoms with E-state index in [4.69, 9.17) is 29.7 Å². The van der Waals surface area contributed by atoms with E-state index in [1.807, 2.05) is 109 Å². The quantitative estimate of drug-likeness (QED) is 0.167. The van der Waals surface area contributed by atoms with Crippen molar-refractivity contribution < 1.29 is 4.74 Å². The first-order valence-corrected chi connectivity index (χ1v) is 20.8. The third kappa shape index (κ3) is 5.69. The van der Waals surface area contributed by atoms with E-state index in [-0.39, 0.29) is 0 Å². The van der Waals surface area contributed by atoms with Gasteiger partial charge in [-0.05, 0) is 46.5 Å². The van der Waals surface area contributed by atoms with Crippen LogP contribution in [-0.4, -0.2) is 24.9 Å². The number of nitrogens with zero attached hydrogens (tertiary/aromatic N) is 5. The molecule has 2 aliphatic rings. The van der Waals surface area contributed by atoms with E-state index in [1.54, 1.807) is 0 Å². The molecule has 8 aromatic carbocycles. The number of hydrogen-bond acceptors (Lipinski definition) is 6. The van der Waals surface area contributed by atoms with E-state index in [0.29, 0.717) is 23.3 Å². The van der Waals surface area contributed by atoms with Gasteiger partial charge in [-0.2, -0.15) is 0 Å². The summed E-state index contributed by atoms with van der Waals surface area (Å²) in [6, 6.07) is 73.0. The number of aromatic nitrogens is 5. The zero-order valence-electron chi connectivity index (χ0n) is 33.4. The Hall–Kier alpha value is -8.35. The summed E-state index contributed by atoms with van der Waals surface area (Å²) >= 11 is 0. The second kappa shape index (κ2) is 14.4. The Labute approximate surface area is 359 Å². The molecule has 62 heavy (non-hydrogen) atoms. The van der Waals surface area contributed by atoms with E-state index in [9.17, 15) is 0 Å². The molecule has 0 fully saturated rings. The molecule has 0 saturated carbocycles. The van der Waals surface area contributed by atoms with Crippen molar-refractivity contribution in [2.45, 2.75) is 5.41 Å². The average molecular weight is 794 g/mol. The molecule has 3 heterocycles. The molecular formula is C56H35N5O. The summed E-state index contributed by atoms with van der Waals surface area (Å²) in [5, 5.41) is 0. The highest BCUT2D eigenvalue weighted by Gasteiger charge is 2.52. The molecule has 6 heteroatoms. The number of benzene rings is 8. The van der Waals surface area contributed by atoms with Crippen molar-refractivity contribution in [1.82, 2.24) is 24.9 Å². The van der Waals surface area contributed by atoms with E-state index in [0.717, 1.165) is 89.6 Å². The summed E-state index contributed by atoms with van der Waals surface area (Å²) in [6.45, 7) is 0. The Morgan fingerprint density at radius 1 is 0.290 bits per heavy atom. The minimum atomic E-state index is -0.792. The molecule has 0 N–H and O–H groups in total. The molecule has 0 radical (unpaired) electrons. The smallest absolute Gasteiger partial charge is 0.164 e. The maximum Gasteiger partial charge on any atom is 0.164 e. The minimum absolute atomic E-state index is 0.592. The fourth-order valence-electron chi connectivity index (χ4n) is 9.31. The average Bonchev–Trinajstić information content (AvgIpc) is 3.65. The van der Waals surface area contributed by atoms with Gasteiger partial charge >= 0.3 is 0 Å². The van der Waals surface area contributed by atoms with Gasteiger partial charge in [0.15, 0.2) is 23.3 Å². The lowest BCUT2D eigenvalue weighted by Crippen LogP contribution is -2.32. The van der Waals surface area contributed by atoms with Crippen LogP contribution in [0.5, 0.6) is 11.5 Å². The Kier molecular flexibility index (Phi) is 8.28. The van der Waals surface area contributed by atoms with Crippen LogP contribution in [0.4, 0.5) is 0 Å². The van der Waals surface area contributed by atoms with Crippen LogP contribution in [0.2, 0.25) is 0 Å². The van der Waals surface area contributed by atoms with Crippen molar-refractivity contribution in [3.63, 3.8) is 0 Å². The summed E-state index contributed by atoms with van der Waals surface area (Å²) in [5.41, 5.74) is 13.1. The van der Waals surface area contributed by atoms with Gasteiger partial charge in [-0.25, -0.2) is 24.9 Å². The van der Waals surface area contributed by atoms with Crippen LogP contribution in [0.25, 0.3) is 79.2 Å². The number of rotatable bonds is 6. The molecule has 290 valence electrons. The molecular weight excluding hydrogens is 759 g/mol. The summed E-state index contributed by atoms with van der Waals surface area (Å²) in [6.07, 6.45) is 0. The lowest BCUT2D eigenvalue weighted by atomic mass is 9.65. The maximum absolute atomic E-state index is 6.74. The normalized spacial score (nSPS) is 12.8. The molecule has 2 aromatic heterocycles. The van der Waals surface area contributed by atoms with Crippen molar-refractivity contribution in [3.05, 3.63) is 235 Å². The van der Waals surface area contributed by atoms with Crippen LogP contribution in [0.1, 0.15) is 22.3 Å². The van der Waals surface area contributed by atoms with Crippen LogP contribution in [0.15, 0.2) is 212 Å². The van der Waals surface area contributed by atoms with Crippen molar-refractivity contribution in [1.29, 1.82) is 0 Å². The predicted molar refractivity (Wildman–Crippen MR) is 245 cm³/mol. The fourth-order valence-corrected chi connectivity index (χ4v) is 9.31. The van der Waals surface area contributed by atoms with Gasteiger partial charge in [-0.15, -0.1) is 0 Å². The number of hydrogen-bond donors (Lipinski definition) is 0. The van der Waals surface area contributed by atoms with Gasteiger partial charge < -0.3 is 4.74 Å². The Morgan fingerprint density at radius 3 is 1.29 bits per heavy atom. The highest BCUT2D eigenvalue weighted by atomic mass is 16.5. The molecule has 0 atom stereocenters. The van der Waals surface area contributed by atoms with Gasteiger partial charge in [0, 0.05) is 44.5 Å². The molecule has 0 saturated heterocycles. The third-order valence-electron chi connectivity index (χ3n) is 12.0. The largest absolute Gasteiger partial charge is 0.457 e.